The standard InChI is InChI=1S/C20H26N4O/c1-14-3-4-17-15(13-22-18(17)11-14)5-8-21-12-16-7-10-25-20(16)19-6-9-23-24(19)2/h3-4,6,9,11,13,16,20-22H,5,7-8,10,12H2,1-2H3/t16-,20+/m0/s1. The molecule has 4 rings (SSSR count). The van der Waals surface area contributed by atoms with Crippen molar-refractivity contribution in [3.05, 3.63) is 53.5 Å². The van der Waals surface area contributed by atoms with Gasteiger partial charge in [-0.3, -0.25) is 4.68 Å². The van der Waals surface area contributed by atoms with Gasteiger partial charge in [-0.1, -0.05) is 12.1 Å². The number of rotatable bonds is 6. The Kier molecular flexibility index (Phi) is 4.59. The molecule has 0 spiro atoms. The first-order valence-electron chi connectivity index (χ1n) is 9.09. The molecule has 3 heterocycles. The first kappa shape index (κ1) is 16.4. The molecule has 0 saturated carbocycles. The van der Waals surface area contributed by atoms with Gasteiger partial charge in [0, 0.05) is 49.4 Å². The molecule has 3 aromatic rings. The first-order chi connectivity index (χ1) is 12.2. The van der Waals surface area contributed by atoms with Crippen LogP contribution in [0.3, 0.4) is 0 Å². The zero-order chi connectivity index (χ0) is 17.2. The zero-order valence-corrected chi connectivity index (χ0v) is 15.0. The minimum absolute atomic E-state index is 0.163. The van der Waals surface area contributed by atoms with E-state index in [1.165, 1.54) is 27.7 Å². The number of H-pyrrole nitrogens is 1. The van der Waals surface area contributed by atoms with Crippen molar-refractivity contribution < 1.29 is 4.74 Å². The summed E-state index contributed by atoms with van der Waals surface area (Å²) in [5.74, 6) is 0.515. The van der Waals surface area contributed by atoms with Crippen LogP contribution >= 0.6 is 0 Å². The number of aromatic amines is 1. The highest BCUT2D eigenvalue weighted by molar-refractivity contribution is 5.83. The second kappa shape index (κ2) is 7.02. The quantitative estimate of drug-likeness (QED) is 0.679. The zero-order valence-electron chi connectivity index (χ0n) is 15.0. The van der Waals surface area contributed by atoms with Crippen LogP contribution in [0.1, 0.15) is 29.3 Å². The molecule has 0 radical (unpaired) electrons. The van der Waals surface area contributed by atoms with Gasteiger partial charge >= 0.3 is 0 Å². The fraction of sp³-hybridized carbons (Fsp3) is 0.450. The summed E-state index contributed by atoms with van der Waals surface area (Å²) in [6.07, 6.45) is 6.29. The molecule has 25 heavy (non-hydrogen) atoms. The minimum atomic E-state index is 0.163. The Morgan fingerprint density at radius 2 is 2.28 bits per heavy atom. The van der Waals surface area contributed by atoms with E-state index in [4.69, 9.17) is 4.74 Å². The highest BCUT2D eigenvalue weighted by Gasteiger charge is 2.31. The van der Waals surface area contributed by atoms with Gasteiger partial charge in [-0.2, -0.15) is 5.10 Å². The predicted molar refractivity (Wildman–Crippen MR) is 99.6 cm³/mol. The van der Waals surface area contributed by atoms with Crippen LogP contribution in [-0.2, 0) is 18.2 Å². The van der Waals surface area contributed by atoms with Gasteiger partial charge in [-0.15, -0.1) is 0 Å². The molecule has 0 amide bonds. The van der Waals surface area contributed by atoms with E-state index < -0.39 is 0 Å². The van der Waals surface area contributed by atoms with E-state index in [9.17, 15) is 0 Å². The molecule has 2 atom stereocenters. The number of nitrogens with zero attached hydrogens (tertiary/aromatic N) is 2. The number of benzene rings is 1. The van der Waals surface area contributed by atoms with Crippen LogP contribution in [-0.4, -0.2) is 34.5 Å². The number of ether oxygens (including phenoxy) is 1. The average Bonchev–Trinajstić information content (AvgIpc) is 3.31. The molecule has 1 saturated heterocycles. The Balaban J connectivity index is 1.32. The van der Waals surface area contributed by atoms with Crippen LogP contribution in [0.2, 0.25) is 0 Å². The van der Waals surface area contributed by atoms with Gasteiger partial charge in [-0.25, -0.2) is 0 Å². The maximum Gasteiger partial charge on any atom is 0.103 e. The largest absolute Gasteiger partial charge is 0.372 e. The topological polar surface area (TPSA) is 54.9 Å². The second-order valence-electron chi connectivity index (χ2n) is 7.04. The van der Waals surface area contributed by atoms with Crippen LogP contribution in [0.5, 0.6) is 0 Å². The monoisotopic (exact) mass is 338 g/mol. The molecule has 1 fully saturated rings. The van der Waals surface area contributed by atoms with E-state index in [1.54, 1.807) is 0 Å². The van der Waals surface area contributed by atoms with E-state index >= 15 is 0 Å². The Bertz CT molecular complexity index is 850. The normalized spacial score (nSPS) is 20.6. The second-order valence-corrected chi connectivity index (χ2v) is 7.04. The lowest BCUT2D eigenvalue weighted by Gasteiger charge is -2.19. The third kappa shape index (κ3) is 3.34. The Labute approximate surface area is 148 Å². The van der Waals surface area contributed by atoms with Gasteiger partial charge < -0.3 is 15.0 Å². The number of aromatic nitrogens is 3. The van der Waals surface area contributed by atoms with Crippen LogP contribution in [0.25, 0.3) is 10.9 Å². The summed E-state index contributed by atoms with van der Waals surface area (Å²) in [7, 11) is 1.99. The summed E-state index contributed by atoms with van der Waals surface area (Å²) in [5.41, 5.74) is 5.08. The number of fused-ring (bicyclic) bond motifs is 1. The van der Waals surface area contributed by atoms with E-state index in [1.807, 2.05) is 17.9 Å². The third-order valence-corrected chi connectivity index (χ3v) is 5.27. The third-order valence-electron chi connectivity index (χ3n) is 5.27. The maximum absolute atomic E-state index is 5.96. The molecule has 132 valence electrons. The fourth-order valence-corrected chi connectivity index (χ4v) is 3.85. The highest BCUT2D eigenvalue weighted by Crippen LogP contribution is 2.33. The molecular weight excluding hydrogens is 312 g/mol. The molecule has 0 bridgehead atoms. The van der Waals surface area contributed by atoms with Crippen molar-refractivity contribution in [2.24, 2.45) is 13.0 Å². The molecular formula is C20H26N4O. The van der Waals surface area contributed by atoms with Gasteiger partial charge in [0.05, 0.1) is 5.69 Å². The van der Waals surface area contributed by atoms with E-state index in [0.717, 1.165) is 32.5 Å². The van der Waals surface area contributed by atoms with Crippen molar-refractivity contribution in [1.29, 1.82) is 0 Å². The number of aryl methyl sites for hydroxylation is 2. The van der Waals surface area contributed by atoms with Crippen LogP contribution in [0.4, 0.5) is 0 Å². The summed E-state index contributed by atoms with van der Waals surface area (Å²) >= 11 is 0. The highest BCUT2D eigenvalue weighted by atomic mass is 16.5. The molecule has 2 aromatic heterocycles. The summed E-state index contributed by atoms with van der Waals surface area (Å²) in [6, 6.07) is 8.68. The lowest BCUT2D eigenvalue weighted by molar-refractivity contribution is 0.0839. The molecule has 0 unspecified atom stereocenters. The van der Waals surface area contributed by atoms with Crippen molar-refractivity contribution >= 4 is 10.9 Å². The van der Waals surface area contributed by atoms with Crippen LogP contribution in [0, 0.1) is 12.8 Å². The van der Waals surface area contributed by atoms with Crippen LogP contribution < -0.4 is 5.32 Å². The molecule has 0 aliphatic carbocycles. The molecule has 5 nitrogen and oxygen atoms in total. The van der Waals surface area contributed by atoms with Crippen molar-refractivity contribution in [2.75, 3.05) is 19.7 Å². The maximum atomic E-state index is 5.96. The van der Waals surface area contributed by atoms with Crippen molar-refractivity contribution in [3.8, 4) is 0 Å². The average molecular weight is 338 g/mol. The van der Waals surface area contributed by atoms with Gasteiger partial charge in [0.15, 0.2) is 0 Å². The van der Waals surface area contributed by atoms with Gasteiger partial charge in [-0.05, 0) is 49.6 Å². The van der Waals surface area contributed by atoms with Crippen molar-refractivity contribution in [1.82, 2.24) is 20.1 Å². The smallest absolute Gasteiger partial charge is 0.103 e. The van der Waals surface area contributed by atoms with Crippen molar-refractivity contribution in [3.63, 3.8) is 0 Å². The van der Waals surface area contributed by atoms with Gasteiger partial charge in [0.1, 0.15) is 6.10 Å². The number of nitrogens with one attached hydrogen (secondary N) is 2. The molecule has 5 heteroatoms. The van der Waals surface area contributed by atoms with E-state index in [-0.39, 0.29) is 6.10 Å². The summed E-state index contributed by atoms with van der Waals surface area (Å²) < 4.78 is 7.88. The predicted octanol–water partition coefficient (Wildman–Crippen LogP) is 3.12. The van der Waals surface area contributed by atoms with E-state index in [0.29, 0.717) is 5.92 Å². The first-order valence-corrected chi connectivity index (χ1v) is 9.09. The summed E-state index contributed by atoms with van der Waals surface area (Å²) in [6.45, 7) is 4.93. The van der Waals surface area contributed by atoms with E-state index in [2.05, 4.69) is 52.8 Å². The lowest BCUT2D eigenvalue weighted by Crippen LogP contribution is -2.27. The SMILES string of the molecule is Cc1ccc2c(CCNC[C@@H]3CCO[C@H]3c3ccnn3C)c[nH]c2c1. The van der Waals surface area contributed by atoms with Crippen molar-refractivity contribution in [2.45, 2.75) is 25.9 Å². The van der Waals surface area contributed by atoms with Gasteiger partial charge in [0.25, 0.3) is 0 Å². The Hall–Kier alpha value is -2.11. The number of hydrogen-bond donors (Lipinski definition) is 2. The summed E-state index contributed by atoms with van der Waals surface area (Å²) in [4.78, 5) is 3.39. The lowest BCUT2D eigenvalue weighted by atomic mass is 9.99. The number of hydrogen-bond acceptors (Lipinski definition) is 3. The fourth-order valence-electron chi connectivity index (χ4n) is 3.85. The molecule has 1 aromatic carbocycles. The van der Waals surface area contributed by atoms with Gasteiger partial charge in [0.2, 0.25) is 0 Å². The molecule has 1 aliphatic heterocycles. The molecule has 2 N–H and O–H groups in total. The Morgan fingerprint density at radius 1 is 1.36 bits per heavy atom. The Morgan fingerprint density at radius 3 is 3.12 bits per heavy atom. The molecule has 1 aliphatic rings. The summed E-state index contributed by atoms with van der Waals surface area (Å²) in [5, 5.41) is 9.24. The van der Waals surface area contributed by atoms with Crippen LogP contribution in [0.15, 0.2) is 36.7 Å². The minimum Gasteiger partial charge on any atom is -0.372 e.